The topological polar surface area (TPSA) is 138 Å². The molecule has 0 amide bonds. The number of hydrogen-bond donors (Lipinski definition) is 0. The van der Waals surface area contributed by atoms with Crippen LogP contribution in [0.5, 0.6) is 23.0 Å². The molecule has 2 unspecified atom stereocenters. The number of nitrogens with zero attached hydrogens (tertiary/aromatic N) is 1. The summed E-state index contributed by atoms with van der Waals surface area (Å²) in [7, 11) is 0. The largest absolute Gasteiger partial charge is 0.494 e. The Morgan fingerprint density at radius 2 is 1.44 bits per heavy atom. The number of carbonyl (C=O) groups excluding carboxylic acids is 4. The van der Waals surface area contributed by atoms with Crippen molar-refractivity contribution in [3.8, 4) is 29.1 Å². The molecule has 0 aliphatic carbocycles. The number of ether oxygens (including phenoxy) is 5. The van der Waals surface area contributed by atoms with E-state index in [-0.39, 0.29) is 19.0 Å². The van der Waals surface area contributed by atoms with Gasteiger partial charge in [0.2, 0.25) is 0 Å². The third kappa shape index (κ3) is 12.3. The van der Waals surface area contributed by atoms with Crippen molar-refractivity contribution >= 4 is 30.0 Å². The average molecular weight is 704 g/mol. The number of benzene rings is 4. The van der Waals surface area contributed by atoms with Gasteiger partial charge >= 0.3 is 23.9 Å². The van der Waals surface area contributed by atoms with Gasteiger partial charge in [-0.2, -0.15) is 5.26 Å². The van der Waals surface area contributed by atoms with Crippen molar-refractivity contribution in [2.75, 3.05) is 13.2 Å². The average Bonchev–Trinajstić information content (AvgIpc) is 3.16. The van der Waals surface area contributed by atoms with Crippen LogP contribution in [0.1, 0.15) is 66.6 Å². The molecule has 2 atom stereocenters. The van der Waals surface area contributed by atoms with Gasteiger partial charge in [0.25, 0.3) is 0 Å². The second-order valence-electron chi connectivity index (χ2n) is 12.0. The number of rotatable bonds is 17. The molecule has 0 saturated carbocycles. The van der Waals surface area contributed by atoms with Gasteiger partial charge in [0, 0.05) is 6.08 Å². The van der Waals surface area contributed by atoms with Crippen LogP contribution < -0.4 is 18.9 Å². The van der Waals surface area contributed by atoms with Crippen LogP contribution in [0.2, 0.25) is 0 Å². The fourth-order valence-electron chi connectivity index (χ4n) is 4.98. The van der Waals surface area contributed by atoms with Crippen molar-refractivity contribution in [1.29, 1.82) is 5.26 Å². The van der Waals surface area contributed by atoms with Gasteiger partial charge in [-0.15, -0.1) is 0 Å². The number of esters is 4. The maximum absolute atomic E-state index is 13.0. The lowest BCUT2D eigenvalue weighted by molar-refractivity contribution is -0.149. The fourth-order valence-corrected chi connectivity index (χ4v) is 4.98. The maximum atomic E-state index is 13.0. The van der Waals surface area contributed by atoms with E-state index < -0.39 is 29.7 Å². The first-order valence-electron chi connectivity index (χ1n) is 17.0. The molecule has 4 aromatic rings. The van der Waals surface area contributed by atoms with Crippen molar-refractivity contribution in [3.05, 3.63) is 125 Å². The van der Waals surface area contributed by atoms with Crippen LogP contribution in [0, 0.1) is 30.1 Å². The Labute approximate surface area is 303 Å². The lowest BCUT2D eigenvalue weighted by atomic mass is 9.94. The van der Waals surface area contributed by atoms with Gasteiger partial charge in [-0.3, -0.25) is 9.59 Å². The van der Waals surface area contributed by atoms with Crippen LogP contribution >= 0.6 is 0 Å². The minimum Gasteiger partial charge on any atom is -0.494 e. The number of carbonyl (C=O) groups is 4. The Bertz CT molecular complexity index is 1880. The maximum Gasteiger partial charge on any atom is 0.343 e. The second kappa shape index (κ2) is 19.8. The highest BCUT2D eigenvalue weighted by Gasteiger charge is 2.26. The molecular formula is C42H41NO9. The smallest absolute Gasteiger partial charge is 0.343 e. The molecule has 0 saturated heterocycles. The number of hydrogen-bond acceptors (Lipinski definition) is 10. The second-order valence-corrected chi connectivity index (χ2v) is 12.0. The van der Waals surface area contributed by atoms with E-state index in [1.54, 1.807) is 86.7 Å². The SMILES string of the molecule is CCC(CC(C)C(=O)OCCCCOc1ccc(C(=O)Oc2ccc(C#N)cc2)cc1)C(=O)Oc1ccc(OC(=O)C=Cc2ccccc2)cc1C. The molecule has 0 radical (unpaired) electrons. The standard InChI is InChI=1S/C42H41NO9/c1-4-33(41(46)52-38-22-21-37(27-29(38)2)50-39(44)23-14-31-10-6-5-7-11-31)26-30(3)40(45)49-25-9-8-24-48-35-19-15-34(16-20-35)42(47)51-36-17-12-32(28-43)13-18-36/h5-7,10-23,27,30,33H,4,8-9,24-26H2,1-3H3. The summed E-state index contributed by atoms with van der Waals surface area (Å²) in [6.07, 6.45) is 4.98. The van der Waals surface area contributed by atoms with Crippen LogP contribution in [0.3, 0.4) is 0 Å². The summed E-state index contributed by atoms with van der Waals surface area (Å²) in [6, 6.07) is 29.0. The van der Waals surface area contributed by atoms with Crippen LogP contribution in [0.25, 0.3) is 6.08 Å². The van der Waals surface area contributed by atoms with Gasteiger partial charge in [-0.05, 0) is 117 Å². The molecule has 10 heteroatoms. The lowest BCUT2D eigenvalue weighted by Crippen LogP contribution is -2.26. The monoisotopic (exact) mass is 703 g/mol. The molecule has 0 heterocycles. The summed E-state index contributed by atoms with van der Waals surface area (Å²) in [5.41, 5.74) is 2.32. The molecule has 268 valence electrons. The van der Waals surface area contributed by atoms with Crippen molar-refractivity contribution in [3.63, 3.8) is 0 Å². The van der Waals surface area contributed by atoms with Crippen molar-refractivity contribution in [1.82, 2.24) is 0 Å². The molecule has 4 aromatic carbocycles. The zero-order valence-electron chi connectivity index (χ0n) is 29.4. The van der Waals surface area contributed by atoms with Gasteiger partial charge in [-0.25, -0.2) is 9.59 Å². The first-order valence-corrected chi connectivity index (χ1v) is 17.0. The van der Waals surface area contributed by atoms with Gasteiger partial charge in [0.1, 0.15) is 23.0 Å². The van der Waals surface area contributed by atoms with E-state index in [0.717, 1.165) is 5.56 Å². The highest BCUT2D eigenvalue weighted by Crippen LogP contribution is 2.27. The number of aryl methyl sites for hydroxylation is 1. The normalized spacial score (nSPS) is 11.9. The van der Waals surface area contributed by atoms with Crippen molar-refractivity contribution in [2.24, 2.45) is 11.8 Å². The van der Waals surface area contributed by atoms with E-state index in [9.17, 15) is 19.2 Å². The molecular weight excluding hydrogens is 662 g/mol. The summed E-state index contributed by atoms with van der Waals surface area (Å²) in [4.78, 5) is 50.3. The van der Waals surface area contributed by atoms with E-state index >= 15 is 0 Å². The third-order valence-corrected chi connectivity index (χ3v) is 7.99. The summed E-state index contributed by atoms with van der Waals surface area (Å²) in [6.45, 7) is 5.94. The summed E-state index contributed by atoms with van der Waals surface area (Å²) < 4.78 is 27.6. The molecule has 0 bridgehead atoms. The molecule has 52 heavy (non-hydrogen) atoms. The van der Waals surface area contributed by atoms with Gasteiger partial charge < -0.3 is 23.7 Å². The van der Waals surface area contributed by atoms with E-state index in [4.69, 9.17) is 28.9 Å². The van der Waals surface area contributed by atoms with Gasteiger partial charge in [0.15, 0.2) is 0 Å². The Kier molecular flexibility index (Phi) is 14.7. The summed E-state index contributed by atoms with van der Waals surface area (Å²) >= 11 is 0. The van der Waals surface area contributed by atoms with E-state index in [1.165, 1.54) is 6.08 Å². The van der Waals surface area contributed by atoms with Crippen LogP contribution in [-0.4, -0.2) is 37.1 Å². The highest BCUT2D eigenvalue weighted by molar-refractivity contribution is 5.91. The molecule has 0 aliphatic rings. The van der Waals surface area contributed by atoms with Gasteiger partial charge in [-0.1, -0.05) is 44.2 Å². The molecule has 0 spiro atoms. The molecule has 4 rings (SSSR count). The lowest BCUT2D eigenvalue weighted by Gasteiger charge is -2.18. The van der Waals surface area contributed by atoms with E-state index in [0.29, 0.717) is 65.6 Å². The molecule has 10 nitrogen and oxygen atoms in total. The molecule has 0 N–H and O–H groups in total. The highest BCUT2D eigenvalue weighted by atomic mass is 16.5. The molecule has 0 aromatic heterocycles. The zero-order valence-corrected chi connectivity index (χ0v) is 29.4. The Morgan fingerprint density at radius 1 is 0.769 bits per heavy atom. The Balaban J connectivity index is 1.12. The molecule has 0 fully saturated rings. The Hall–Kier alpha value is -6.21. The van der Waals surface area contributed by atoms with Crippen LogP contribution in [0.4, 0.5) is 0 Å². The number of nitriles is 1. The van der Waals surface area contributed by atoms with Crippen molar-refractivity contribution in [2.45, 2.75) is 46.5 Å². The van der Waals surface area contributed by atoms with E-state index in [2.05, 4.69) is 0 Å². The van der Waals surface area contributed by atoms with E-state index in [1.807, 2.05) is 43.3 Å². The summed E-state index contributed by atoms with van der Waals surface area (Å²) in [5.74, 6) is -1.32. The quantitative estimate of drug-likeness (QED) is 0.0459. The van der Waals surface area contributed by atoms with Crippen molar-refractivity contribution < 1.29 is 42.9 Å². The van der Waals surface area contributed by atoms with Crippen LogP contribution in [-0.2, 0) is 19.1 Å². The first kappa shape index (κ1) is 38.6. The summed E-state index contributed by atoms with van der Waals surface area (Å²) in [5, 5.41) is 8.88. The first-order chi connectivity index (χ1) is 25.1. The Morgan fingerprint density at radius 3 is 2.12 bits per heavy atom. The molecule has 0 aliphatic heterocycles. The minimum absolute atomic E-state index is 0.214. The predicted octanol–water partition coefficient (Wildman–Crippen LogP) is 8.06. The van der Waals surface area contributed by atoms with Crippen LogP contribution in [0.15, 0.2) is 103 Å². The third-order valence-electron chi connectivity index (χ3n) is 7.99. The van der Waals surface area contributed by atoms with Gasteiger partial charge in [0.05, 0.1) is 42.2 Å². The predicted molar refractivity (Wildman–Crippen MR) is 194 cm³/mol. The fraction of sp³-hybridized carbons (Fsp3) is 0.262. The minimum atomic E-state index is -0.528. The zero-order chi connectivity index (χ0) is 37.3. The number of unbranched alkanes of at least 4 members (excludes halogenated alkanes) is 1.